The van der Waals surface area contributed by atoms with Gasteiger partial charge < -0.3 is 5.73 Å². The molecule has 16 heavy (non-hydrogen) atoms. The van der Waals surface area contributed by atoms with E-state index in [1.807, 2.05) is 0 Å². The van der Waals surface area contributed by atoms with Crippen LogP contribution in [0.3, 0.4) is 0 Å². The van der Waals surface area contributed by atoms with Crippen molar-refractivity contribution in [3.8, 4) is 0 Å². The molecule has 1 saturated carbocycles. The number of rotatable bonds is 1. The van der Waals surface area contributed by atoms with Crippen molar-refractivity contribution >= 4 is 0 Å². The maximum absolute atomic E-state index is 13.7. The second-order valence-electron chi connectivity index (χ2n) is 5.21. The van der Waals surface area contributed by atoms with E-state index in [2.05, 4.69) is 18.8 Å². The van der Waals surface area contributed by atoms with Gasteiger partial charge >= 0.3 is 0 Å². The largest absolute Gasteiger partial charge is 0.321 e. The number of nitrogens with zero attached hydrogens (tertiary/aromatic N) is 1. The lowest BCUT2D eigenvalue weighted by Gasteiger charge is -2.40. The molecule has 0 aliphatic heterocycles. The first kappa shape index (κ1) is 11.5. The van der Waals surface area contributed by atoms with Crippen LogP contribution in [0.1, 0.15) is 38.7 Å². The summed E-state index contributed by atoms with van der Waals surface area (Å²) in [6.07, 6.45) is 5.66. The van der Waals surface area contributed by atoms with Gasteiger partial charge in [-0.05, 0) is 37.2 Å². The van der Waals surface area contributed by atoms with Crippen LogP contribution >= 0.6 is 0 Å². The fraction of sp³-hybridized carbons (Fsp3) is 0.615. The van der Waals surface area contributed by atoms with Crippen molar-refractivity contribution in [3.05, 3.63) is 29.8 Å². The Morgan fingerprint density at radius 2 is 2.19 bits per heavy atom. The average molecular weight is 222 g/mol. The second-order valence-corrected chi connectivity index (χ2v) is 5.21. The monoisotopic (exact) mass is 222 g/mol. The van der Waals surface area contributed by atoms with Crippen LogP contribution in [0.5, 0.6) is 0 Å². The molecule has 0 bridgehead atoms. The van der Waals surface area contributed by atoms with Crippen molar-refractivity contribution in [1.29, 1.82) is 0 Å². The Hall–Kier alpha value is -0.960. The third-order valence-electron chi connectivity index (χ3n) is 4.01. The first-order valence-electron chi connectivity index (χ1n) is 5.92. The van der Waals surface area contributed by atoms with E-state index in [0.717, 1.165) is 19.3 Å². The van der Waals surface area contributed by atoms with Crippen molar-refractivity contribution in [3.63, 3.8) is 0 Å². The highest BCUT2D eigenvalue weighted by molar-refractivity contribution is 5.24. The van der Waals surface area contributed by atoms with Crippen molar-refractivity contribution in [2.75, 3.05) is 0 Å². The van der Waals surface area contributed by atoms with E-state index in [9.17, 15) is 4.39 Å². The lowest BCUT2D eigenvalue weighted by molar-refractivity contribution is 0.173. The molecule has 2 N–H and O–H groups in total. The standard InChI is InChI=1S/C13H19FN2/c1-9-3-5-13(15,7-10(9)2)11-4-6-16-8-12(11)14/h4,6,8-10H,3,5,7,15H2,1-2H3. The number of aromatic nitrogens is 1. The number of nitrogens with two attached hydrogens (primary N) is 1. The van der Waals surface area contributed by atoms with Crippen LogP contribution in [0.15, 0.2) is 18.5 Å². The highest BCUT2D eigenvalue weighted by Crippen LogP contribution is 2.41. The van der Waals surface area contributed by atoms with Crippen LogP contribution in [-0.4, -0.2) is 4.98 Å². The van der Waals surface area contributed by atoms with Crippen LogP contribution in [0.25, 0.3) is 0 Å². The van der Waals surface area contributed by atoms with Crippen molar-refractivity contribution in [2.45, 2.75) is 38.6 Å². The molecule has 1 fully saturated rings. The number of hydrogen-bond donors (Lipinski definition) is 1. The highest BCUT2D eigenvalue weighted by Gasteiger charge is 2.37. The summed E-state index contributed by atoms with van der Waals surface area (Å²) in [6.45, 7) is 4.44. The molecule has 2 rings (SSSR count). The van der Waals surface area contributed by atoms with Gasteiger partial charge in [0.1, 0.15) is 5.82 Å². The zero-order valence-electron chi connectivity index (χ0n) is 9.91. The van der Waals surface area contributed by atoms with E-state index in [-0.39, 0.29) is 5.82 Å². The lowest BCUT2D eigenvalue weighted by atomic mass is 9.69. The molecular formula is C13H19FN2. The zero-order chi connectivity index (χ0) is 11.8. The van der Waals surface area contributed by atoms with Gasteiger partial charge in [-0.25, -0.2) is 4.39 Å². The molecule has 1 heterocycles. The van der Waals surface area contributed by atoms with E-state index in [1.165, 1.54) is 6.20 Å². The Morgan fingerprint density at radius 1 is 1.44 bits per heavy atom. The van der Waals surface area contributed by atoms with E-state index in [1.54, 1.807) is 12.3 Å². The summed E-state index contributed by atoms with van der Waals surface area (Å²) < 4.78 is 13.7. The van der Waals surface area contributed by atoms with Gasteiger partial charge in [-0.15, -0.1) is 0 Å². The number of halogens is 1. The summed E-state index contributed by atoms with van der Waals surface area (Å²) in [5.74, 6) is 0.958. The molecule has 1 aliphatic carbocycles. The van der Waals surface area contributed by atoms with Crippen LogP contribution in [-0.2, 0) is 5.54 Å². The smallest absolute Gasteiger partial charge is 0.146 e. The Morgan fingerprint density at radius 3 is 2.81 bits per heavy atom. The van der Waals surface area contributed by atoms with Gasteiger partial charge in [0.15, 0.2) is 0 Å². The average Bonchev–Trinajstić information content (AvgIpc) is 2.25. The first-order valence-corrected chi connectivity index (χ1v) is 5.92. The quantitative estimate of drug-likeness (QED) is 0.793. The molecule has 2 nitrogen and oxygen atoms in total. The summed E-state index contributed by atoms with van der Waals surface area (Å²) in [5, 5.41) is 0. The lowest BCUT2D eigenvalue weighted by Crippen LogP contribution is -2.43. The summed E-state index contributed by atoms with van der Waals surface area (Å²) in [4.78, 5) is 3.77. The minimum absolute atomic E-state index is 0.272. The Kier molecular flexibility index (Phi) is 2.98. The normalized spacial score (nSPS) is 35.0. The fourth-order valence-corrected chi connectivity index (χ4v) is 2.67. The van der Waals surface area contributed by atoms with Gasteiger partial charge in [-0.1, -0.05) is 13.8 Å². The molecular weight excluding hydrogens is 203 g/mol. The van der Waals surface area contributed by atoms with Crippen LogP contribution in [0.4, 0.5) is 4.39 Å². The highest BCUT2D eigenvalue weighted by atomic mass is 19.1. The summed E-state index contributed by atoms with van der Waals surface area (Å²) in [6, 6.07) is 1.72. The van der Waals surface area contributed by atoms with E-state index < -0.39 is 5.54 Å². The minimum Gasteiger partial charge on any atom is -0.321 e. The second kappa shape index (κ2) is 4.13. The molecule has 3 unspecified atom stereocenters. The molecule has 0 radical (unpaired) electrons. The predicted molar refractivity (Wildman–Crippen MR) is 62.2 cm³/mol. The molecule has 0 spiro atoms. The molecule has 0 saturated heterocycles. The molecule has 3 heteroatoms. The third kappa shape index (κ3) is 1.96. The topological polar surface area (TPSA) is 38.9 Å². The van der Waals surface area contributed by atoms with E-state index in [4.69, 9.17) is 5.73 Å². The van der Waals surface area contributed by atoms with Crippen molar-refractivity contribution in [2.24, 2.45) is 17.6 Å². The zero-order valence-corrected chi connectivity index (χ0v) is 9.91. The fourth-order valence-electron chi connectivity index (χ4n) is 2.67. The van der Waals surface area contributed by atoms with Gasteiger partial charge in [0.2, 0.25) is 0 Å². The van der Waals surface area contributed by atoms with Gasteiger partial charge in [0.05, 0.1) is 6.20 Å². The molecule has 88 valence electrons. The summed E-state index contributed by atoms with van der Waals surface area (Å²) in [5.41, 5.74) is 6.49. The molecule has 1 aromatic heterocycles. The molecule has 1 aromatic rings. The van der Waals surface area contributed by atoms with Crippen molar-refractivity contribution < 1.29 is 4.39 Å². The SMILES string of the molecule is CC1CCC(N)(c2ccncc2F)CC1C. The predicted octanol–water partition coefficient (Wildman–Crippen LogP) is 2.83. The van der Waals surface area contributed by atoms with Gasteiger partial charge in [-0.2, -0.15) is 0 Å². The summed E-state index contributed by atoms with van der Waals surface area (Å²) >= 11 is 0. The van der Waals surface area contributed by atoms with Crippen LogP contribution < -0.4 is 5.73 Å². The van der Waals surface area contributed by atoms with Gasteiger partial charge in [-0.3, -0.25) is 4.98 Å². The van der Waals surface area contributed by atoms with E-state index >= 15 is 0 Å². The third-order valence-corrected chi connectivity index (χ3v) is 4.01. The molecule has 0 aromatic carbocycles. The van der Waals surface area contributed by atoms with Crippen molar-refractivity contribution in [1.82, 2.24) is 4.98 Å². The van der Waals surface area contributed by atoms with Gasteiger partial charge in [0, 0.05) is 17.3 Å². The maximum Gasteiger partial charge on any atom is 0.146 e. The van der Waals surface area contributed by atoms with Crippen LogP contribution in [0, 0.1) is 17.7 Å². The number of pyridine rings is 1. The number of hydrogen-bond acceptors (Lipinski definition) is 2. The van der Waals surface area contributed by atoms with Crippen LogP contribution in [0.2, 0.25) is 0 Å². The summed E-state index contributed by atoms with van der Waals surface area (Å²) in [7, 11) is 0. The Balaban J connectivity index is 2.29. The minimum atomic E-state index is -0.501. The molecule has 3 atom stereocenters. The maximum atomic E-state index is 13.7. The first-order chi connectivity index (χ1) is 7.53. The van der Waals surface area contributed by atoms with E-state index in [0.29, 0.717) is 17.4 Å². The Labute approximate surface area is 96.1 Å². The van der Waals surface area contributed by atoms with Gasteiger partial charge in [0.25, 0.3) is 0 Å². The molecule has 0 amide bonds. The molecule has 1 aliphatic rings. The Bertz CT molecular complexity index is 380.